The Hall–Kier alpha value is -1.29. The number of hydrogen-bond acceptors (Lipinski definition) is 4. The van der Waals surface area contributed by atoms with E-state index in [-0.39, 0.29) is 6.61 Å². The minimum atomic E-state index is 0.276. The van der Waals surface area contributed by atoms with E-state index in [4.69, 9.17) is 10.8 Å². The van der Waals surface area contributed by atoms with Gasteiger partial charge >= 0.3 is 0 Å². The Morgan fingerprint density at radius 1 is 1.53 bits per heavy atom. The second-order valence-electron chi connectivity index (χ2n) is 4.70. The fraction of sp³-hybridized carbons (Fsp3) is 0.615. The van der Waals surface area contributed by atoms with Crippen molar-refractivity contribution in [3.05, 3.63) is 17.8 Å². The summed E-state index contributed by atoms with van der Waals surface area (Å²) in [5.41, 5.74) is 7.44. The van der Waals surface area contributed by atoms with Gasteiger partial charge in [-0.15, -0.1) is 0 Å². The van der Waals surface area contributed by atoms with Crippen LogP contribution in [0.3, 0.4) is 0 Å². The molecule has 0 amide bonds. The maximum Gasteiger partial charge on any atom is 0.129 e. The lowest BCUT2D eigenvalue weighted by atomic mass is 10.1. The van der Waals surface area contributed by atoms with E-state index in [1.165, 1.54) is 12.8 Å². The van der Waals surface area contributed by atoms with Crippen molar-refractivity contribution in [2.24, 2.45) is 0 Å². The maximum absolute atomic E-state index is 8.91. The number of aliphatic hydroxyl groups is 1. The predicted molar refractivity (Wildman–Crippen MR) is 70.1 cm³/mol. The number of nitrogen functional groups attached to an aromatic ring is 1. The number of nitrogens with zero attached hydrogens (tertiary/aromatic N) is 2. The first kappa shape index (κ1) is 12.2. The van der Waals surface area contributed by atoms with Gasteiger partial charge in [0, 0.05) is 19.2 Å². The molecular formula is C13H21N3O. The smallest absolute Gasteiger partial charge is 0.129 e. The van der Waals surface area contributed by atoms with E-state index in [1.807, 2.05) is 19.1 Å². The topological polar surface area (TPSA) is 62.4 Å². The Bertz CT molecular complexity index is 381. The Morgan fingerprint density at radius 3 is 3.06 bits per heavy atom. The highest BCUT2D eigenvalue weighted by Gasteiger charge is 2.25. The van der Waals surface area contributed by atoms with Crippen molar-refractivity contribution in [2.75, 3.05) is 23.8 Å². The molecule has 0 aromatic carbocycles. The molecule has 1 aromatic rings. The third-order valence-electron chi connectivity index (χ3n) is 3.48. The third-order valence-corrected chi connectivity index (χ3v) is 3.48. The zero-order chi connectivity index (χ0) is 12.3. The summed E-state index contributed by atoms with van der Waals surface area (Å²) in [5.74, 6) is 1.03. The summed E-state index contributed by atoms with van der Waals surface area (Å²) in [5, 5.41) is 8.91. The zero-order valence-electron chi connectivity index (χ0n) is 10.4. The van der Waals surface area contributed by atoms with Gasteiger partial charge < -0.3 is 15.7 Å². The molecule has 3 N–H and O–H groups in total. The fourth-order valence-electron chi connectivity index (χ4n) is 2.48. The van der Waals surface area contributed by atoms with Crippen LogP contribution >= 0.6 is 0 Å². The third kappa shape index (κ3) is 2.69. The first-order valence-electron chi connectivity index (χ1n) is 6.33. The molecule has 0 aliphatic carbocycles. The summed E-state index contributed by atoms with van der Waals surface area (Å²) in [7, 11) is 0. The molecule has 4 heteroatoms. The van der Waals surface area contributed by atoms with Crippen LogP contribution in [0.15, 0.2) is 12.1 Å². The Morgan fingerprint density at radius 2 is 2.35 bits per heavy atom. The Balaban J connectivity index is 2.11. The molecule has 1 saturated heterocycles. The fourth-order valence-corrected chi connectivity index (χ4v) is 2.48. The quantitative estimate of drug-likeness (QED) is 0.834. The lowest BCUT2D eigenvalue weighted by Crippen LogP contribution is -2.30. The molecular weight excluding hydrogens is 214 g/mol. The highest BCUT2D eigenvalue weighted by molar-refractivity contribution is 5.51. The van der Waals surface area contributed by atoms with E-state index < -0.39 is 0 Å². The number of aromatic nitrogens is 1. The van der Waals surface area contributed by atoms with Crippen molar-refractivity contribution in [3.63, 3.8) is 0 Å². The van der Waals surface area contributed by atoms with Gasteiger partial charge in [-0.3, -0.25) is 0 Å². The summed E-state index contributed by atoms with van der Waals surface area (Å²) in [6.07, 6.45) is 4.32. The Labute approximate surface area is 102 Å². The molecule has 1 fully saturated rings. The first-order valence-corrected chi connectivity index (χ1v) is 6.33. The normalized spacial score (nSPS) is 19.9. The predicted octanol–water partition coefficient (Wildman–Crippen LogP) is 1.71. The minimum absolute atomic E-state index is 0.276. The lowest BCUT2D eigenvalue weighted by molar-refractivity contribution is 0.279. The zero-order valence-corrected chi connectivity index (χ0v) is 10.4. The van der Waals surface area contributed by atoms with Crippen LogP contribution in [0.1, 0.15) is 31.4 Å². The molecule has 2 heterocycles. The molecule has 4 nitrogen and oxygen atoms in total. The van der Waals surface area contributed by atoms with Crippen molar-refractivity contribution >= 4 is 11.5 Å². The van der Waals surface area contributed by atoms with Crippen LogP contribution in [0.4, 0.5) is 11.5 Å². The molecule has 0 spiro atoms. The molecule has 0 bridgehead atoms. The van der Waals surface area contributed by atoms with E-state index in [1.54, 1.807) is 0 Å². The van der Waals surface area contributed by atoms with Crippen LogP contribution in [0.25, 0.3) is 0 Å². The summed E-state index contributed by atoms with van der Waals surface area (Å²) < 4.78 is 0. The van der Waals surface area contributed by atoms with Gasteiger partial charge in [0.05, 0.1) is 11.4 Å². The van der Waals surface area contributed by atoms with Crippen LogP contribution < -0.4 is 10.6 Å². The molecule has 2 rings (SSSR count). The SMILES string of the molecule is Cc1nc(N2CCCC2CCCO)ccc1N. The minimum Gasteiger partial charge on any atom is -0.397 e. The molecule has 17 heavy (non-hydrogen) atoms. The van der Waals surface area contributed by atoms with E-state index >= 15 is 0 Å². The molecule has 1 atom stereocenters. The van der Waals surface area contributed by atoms with Gasteiger partial charge in [-0.1, -0.05) is 0 Å². The second kappa shape index (κ2) is 5.36. The van der Waals surface area contributed by atoms with Crippen LogP contribution in [-0.2, 0) is 0 Å². The van der Waals surface area contributed by atoms with Crippen LogP contribution in [-0.4, -0.2) is 29.3 Å². The summed E-state index contributed by atoms with van der Waals surface area (Å²) >= 11 is 0. The van der Waals surface area contributed by atoms with Crippen LogP contribution in [0.2, 0.25) is 0 Å². The highest BCUT2D eigenvalue weighted by Crippen LogP contribution is 2.27. The van der Waals surface area contributed by atoms with Crippen LogP contribution in [0, 0.1) is 6.92 Å². The first-order chi connectivity index (χ1) is 8.22. The van der Waals surface area contributed by atoms with Gasteiger partial charge in [0.15, 0.2) is 0 Å². The molecule has 94 valence electrons. The second-order valence-corrected chi connectivity index (χ2v) is 4.70. The van der Waals surface area contributed by atoms with Crippen molar-refractivity contribution in [2.45, 2.75) is 38.6 Å². The number of nitrogens with two attached hydrogens (primary N) is 1. The Kier molecular flexibility index (Phi) is 3.84. The van der Waals surface area contributed by atoms with Crippen molar-refractivity contribution in [1.82, 2.24) is 4.98 Å². The largest absolute Gasteiger partial charge is 0.397 e. The van der Waals surface area contributed by atoms with Crippen molar-refractivity contribution in [1.29, 1.82) is 0 Å². The summed E-state index contributed by atoms with van der Waals surface area (Å²) in [4.78, 5) is 6.90. The highest BCUT2D eigenvalue weighted by atomic mass is 16.2. The van der Waals surface area contributed by atoms with Gasteiger partial charge in [0.2, 0.25) is 0 Å². The molecule has 1 unspecified atom stereocenters. The molecule has 0 saturated carbocycles. The maximum atomic E-state index is 8.91. The molecule has 1 aliphatic rings. The number of hydrogen-bond donors (Lipinski definition) is 2. The number of aryl methyl sites for hydroxylation is 1. The number of rotatable bonds is 4. The van der Waals surface area contributed by atoms with Crippen LogP contribution in [0.5, 0.6) is 0 Å². The average Bonchev–Trinajstić information content (AvgIpc) is 2.78. The van der Waals surface area contributed by atoms with Gasteiger partial charge in [0.25, 0.3) is 0 Å². The van der Waals surface area contributed by atoms with E-state index in [2.05, 4.69) is 9.88 Å². The summed E-state index contributed by atoms with van der Waals surface area (Å²) in [6.45, 7) is 3.28. The van der Waals surface area contributed by atoms with E-state index in [9.17, 15) is 0 Å². The molecule has 1 aliphatic heterocycles. The molecule has 0 radical (unpaired) electrons. The van der Waals surface area contributed by atoms with E-state index in [0.29, 0.717) is 6.04 Å². The number of pyridine rings is 1. The van der Waals surface area contributed by atoms with Gasteiger partial charge in [-0.25, -0.2) is 4.98 Å². The lowest BCUT2D eigenvalue weighted by Gasteiger charge is -2.26. The molecule has 1 aromatic heterocycles. The summed E-state index contributed by atoms with van der Waals surface area (Å²) in [6, 6.07) is 4.45. The van der Waals surface area contributed by atoms with E-state index in [0.717, 1.165) is 36.6 Å². The van der Waals surface area contributed by atoms with Gasteiger partial charge in [0.1, 0.15) is 5.82 Å². The monoisotopic (exact) mass is 235 g/mol. The number of anilines is 2. The van der Waals surface area contributed by atoms with Crippen molar-refractivity contribution in [3.8, 4) is 0 Å². The standard InChI is InChI=1S/C13H21N3O/c1-10-12(14)6-7-13(15-10)16-8-2-4-11(16)5-3-9-17/h6-7,11,17H,2-5,8-9,14H2,1H3. The van der Waals surface area contributed by atoms with Gasteiger partial charge in [-0.2, -0.15) is 0 Å². The van der Waals surface area contributed by atoms with Crippen molar-refractivity contribution < 1.29 is 5.11 Å². The van der Waals surface area contributed by atoms with Gasteiger partial charge in [-0.05, 0) is 44.7 Å². The average molecular weight is 235 g/mol. The number of aliphatic hydroxyl groups excluding tert-OH is 1.